The van der Waals surface area contributed by atoms with E-state index >= 15 is 0 Å². The Morgan fingerprint density at radius 2 is 1.69 bits per heavy atom. The summed E-state index contributed by atoms with van der Waals surface area (Å²) in [6, 6.07) is 12.1. The third kappa shape index (κ3) is 2.08. The first-order valence-electron chi connectivity index (χ1n) is 4.72. The molecular weight excluding hydrogens is 278 g/mol. The van der Waals surface area contributed by atoms with Crippen LogP contribution in [0, 0.1) is 0 Å². The van der Waals surface area contributed by atoms with Gasteiger partial charge < -0.3 is 5.11 Å². The minimum atomic E-state index is -3.32. The molecule has 1 nitrogen and oxygen atoms in total. The molecule has 0 saturated carbocycles. The lowest BCUT2D eigenvalue weighted by molar-refractivity contribution is -0.0286. The molecule has 0 saturated heterocycles. The number of halogens is 3. The van der Waals surface area contributed by atoms with Gasteiger partial charge in [-0.25, -0.2) is 0 Å². The Morgan fingerprint density at radius 1 is 1.06 bits per heavy atom. The second-order valence-electron chi connectivity index (χ2n) is 3.51. The summed E-state index contributed by atoms with van der Waals surface area (Å²) in [6.45, 7) is 0. The fourth-order valence-corrected chi connectivity index (χ4v) is 1.91. The second-order valence-corrected chi connectivity index (χ2v) is 4.57. The zero-order chi connectivity index (χ0) is 11.8. The fraction of sp³-hybridized carbons (Fsp3) is 0.167. The van der Waals surface area contributed by atoms with E-state index in [1.807, 2.05) is 18.2 Å². The van der Waals surface area contributed by atoms with Crippen molar-refractivity contribution < 1.29 is 13.9 Å². The van der Waals surface area contributed by atoms with E-state index in [-0.39, 0.29) is 5.56 Å². The smallest absolute Gasteiger partial charge is 0.330 e. The molecule has 2 aromatic carbocycles. The van der Waals surface area contributed by atoms with Gasteiger partial charge in [0.1, 0.15) is 0 Å². The van der Waals surface area contributed by atoms with Crippen molar-refractivity contribution in [2.24, 2.45) is 0 Å². The maximum absolute atomic E-state index is 13.0. The molecule has 0 aliphatic heterocycles. The molecule has 0 bridgehead atoms. The Labute approximate surface area is 99.8 Å². The van der Waals surface area contributed by atoms with Crippen LogP contribution in [0.2, 0.25) is 0 Å². The molecule has 0 aromatic heterocycles. The minimum absolute atomic E-state index is 0.222. The standard InChI is InChI=1S/C12H9BrF2O/c13-12(14,15)11(16)10-7-3-5-8-4-1-2-6-9(8)10/h1-7,11,16H/t11-/m1/s1. The number of hydrogen-bond acceptors (Lipinski definition) is 1. The van der Waals surface area contributed by atoms with Gasteiger partial charge in [-0.1, -0.05) is 42.5 Å². The lowest BCUT2D eigenvalue weighted by Gasteiger charge is -2.18. The van der Waals surface area contributed by atoms with Crippen LogP contribution in [0.5, 0.6) is 0 Å². The van der Waals surface area contributed by atoms with Crippen LogP contribution in [0.1, 0.15) is 11.7 Å². The molecule has 2 rings (SSSR count). The van der Waals surface area contributed by atoms with Crippen LogP contribution in [-0.2, 0) is 0 Å². The van der Waals surface area contributed by atoms with Crippen molar-refractivity contribution in [3.8, 4) is 0 Å². The first-order chi connectivity index (χ1) is 7.50. The van der Waals surface area contributed by atoms with Crippen LogP contribution in [0.3, 0.4) is 0 Å². The second kappa shape index (κ2) is 4.11. The molecule has 1 atom stereocenters. The average Bonchev–Trinajstić information content (AvgIpc) is 2.26. The maximum atomic E-state index is 13.0. The molecule has 16 heavy (non-hydrogen) atoms. The van der Waals surface area contributed by atoms with E-state index in [1.165, 1.54) is 6.07 Å². The number of alkyl halides is 3. The fourth-order valence-electron chi connectivity index (χ4n) is 1.67. The molecule has 0 amide bonds. The van der Waals surface area contributed by atoms with Crippen LogP contribution in [0.4, 0.5) is 8.78 Å². The van der Waals surface area contributed by atoms with E-state index in [0.717, 1.165) is 5.39 Å². The first-order valence-corrected chi connectivity index (χ1v) is 5.52. The lowest BCUT2D eigenvalue weighted by Crippen LogP contribution is -2.18. The first kappa shape index (κ1) is 11.5. The highest BCUT2D eigenvalue weighted by Gasteiger charge is 2.36. The third-order valence-corrected chi connectivity index (χ3v) is 2.86. The molecule has 2 aromatic rings. The van der Waals surface area contributed by atoms with Crippen molar-refractivity contribution in [2.75, 3.05) is 0 Å². The van der Waals surface area contributed by atoms with Crippen molar-refractivity contribution >= 4 is 26.7 Å². The number of aliphatic hydroxyl groups is 1. The molecule has 0 radical (unpaired) electrons. The van der Waals surface area contributed by atoms with E-state index in [4.69, 9.17) is 0 Å². The largest absolute Gasteiger partial charge is 0.381 e. The number of fused-ring (bicyclic) bond motifs is 1. The van der Waals surface area contributed by atoms with E-state index in [9.17, 15) is 13.9 Å². The van der Waals surface area contributed by atoms with Crippen LogP contribution in [0.15, 0.2) is 42.5 Å². The highest BCUT2D eigenvalue weighted by atomic mass is 79.9. The van der Waals surface area contributed by atoms with Gasteiger partial charge >= 0.3 is 4.83 Å². The highest BCUT2D eigenvalue weighted by Crippen LogP contribution is 2.39. The monoisotopic (exact) mass is 286 g/mol. The highest BCUT2D eigenvalue weighted by molar-refractivity contribution is 9.10. The van der Waals surface area contributed by atoms with Crippen LogP contribution in [-0.4, -0.2) is 9.94 Å². The normalized spacial score (nSPS) is 14.0. The van der Waals surface area contributed by atoms with E-state index < -0.39 is 10.9 Å². The quantitative estimate of drug-likeness (QED) is 0.831. The van der Waals surface area contributed by atoms with Crippen LogP contribution >= 0.6 is 15.9 Å². The van der Waals surface area contributed by atoms with Crippen molar-refractivity contribution in [1.82, 2.24) is 0 Å². The summed E-state index contributed by atoms with van der Waals surface area (Å²) >= 11 is 2.18. The molecule has 4 heteroatoms. The number of benzene rings is 2. The topological polar surface area (TPSA) is 20.2 Å². The molecule has 0 unspecified atom stereocenters. The molecule has 84 valence electrons. The van der Waals surface area contributed by atoms with Gasteiger partial charge in [0.2, 0.25) is 0 Å². The summed E-state index contributed by atoms with van der Waals surface area (Å²) in [5, 5.41) is 11.0. The van der Waals surface area contributed by atoms with Crippen LogP contribution < -0.4 is 0 Å². The van der Waals surface area contributed by atoms with Crippen molar-refractivity contribution in [2.45, 2.75) is 10.9 Å². The molecule has 0 aliphatic carbocycles. The van der Waals surface area contributed by atoms with E-state index in [1.54, 1.807) is 18.2 Å². The SMILES string of the molecule is O[C@H](c1cccc2ccccc12)C(F)(F)Br. The predicted octanol–water partition coefficient (Wildman–Crippen LogP) is 3.86. The number of hydrogen-bond donors (Lipinski definition) is 1. The van der Waals surface area contributed by atoms with E-state index in [0.29, 0.717) is 5.39 Å². The zero-order valence-corrected chi connectivity index (χ0v) is 9.79. The summed E-state index contributed by atoms with van der Waals surface area (Å²) in [5.41, 5.74) is 0.222. The number of aliphatic hydroxyl groups excluding tert-OH is 1. The van der Waals surface area contributed by atoms with Gasteiger partial charge in [-0.3, -0.25) is 0 Å². The van der Waals surface area contributed by atoms with E-state index in [2.05, 4.69) is 15.9 Å². The van der Waals surface area contributed by atoms with Crippen LogP contribution in [0.25, 0.3) is 10.8 Å². The lowest BCUT2D eigenvalue weighted by atomic mass is 10.0. The molecule has 0 aliphatic rings. The van der Waals surface area contributed by atoms with Gasteiger partial charge in [0.15, 0.2) is 6.10 Å². The summed E-state index contributed by atoms with van der Waals surface area (Å²) in [7, 11) is 0. The Balaban J connectivity index is 2.61. The van der Waals surface area contributed by atoms with Gasteiger partial charge in [0.25, 0.3) is 0 Å². The Bertz CT molecular complexity index is 502. The Morgan fingerprint density at radius 3 is 2.38 bits per heavy atom. The van der Waals surface area contributed by atoms with Crippen molar-refractivity contribution in [3.63, 3.8) is 0 Å². The maximum Gasteiger partial charge on any atom is 0.330 e. The molecule has 1 N–H and O–H groups in total. The van der Waals surface area contributed by atoms with Gasteiger partial charge in [-0.15, -0.1) is 0 Å². The molecule has 0 spiro atoms. The van der Waals surface area contributed by atoms with Gasteiger partial charge in [-0.05, 0) is 32.3 Å². The van der Waals surface area contributed by atoms with Gasteiger partial charge in [0.05, 0.1) is 0 Å². The van der Waals surface area contributed by atoms with Crippen molar-refractivity contribution in [3.05, 3.63) is 48.0 Å². The summed E-state index contributed by atoms with van der Waals surface area (Å²) in [6.07, 6.45) is -1.85. The Kier molecular flexibility index (Phi) is 2.95. The summed E-state index contributed by atoms with van der Waals surface area (Å²) < 4.78 is 26.0. The van der Waals surface area contributed by atoms with Crippen molar-refractivity contribution in [1.29, 1.82) is 0 Å². The van der Waals surface area contributed by atoms with Gasteiger partial charge in [-0.2, -0.15) is 8.78 Å². The average molecular weight is 287 g/mol. The minimum Gasteiger partial charge on any atom is -0.381 e. The van der Waals surface area contributed by atoms with Gasteiger partial charge in [0, 0.05) is 0 Å². The number of rotatable bonds is 2. The zero-order valence-electron chi connectivity index (χ0n) is 8.20. The predicted molar refractivity (Wildman–Crippen MR) is 62.8 cm³/mol. The Hall–Kier alpha value is -1.00. The summed E-state index contributed by atoms with van der Waals surface area (Å²) in [5.74, 6) is 0. The third-order valence-electron chi connectivity index (χ3n) is 2.43. The summed E-state index contributed by atoms with van der Waals surface area (Å²) in [4.78, 5) is -3.32. The molecular formula is C12H9BrF2O. The molecule has 0 heterocycles. The molecule has 0 fully saturated rings.